The van der Waals surface area contributed by atoms with Crippen molar-refractivity contribution in [3.05, 3.63) is 29.8 Å². The van der Waals surface area contributed by atoms with E-state index in [0.29, 0.717) is 5.75 Å². The van der Waals surface area contributed by atoms with Gasteiger partial charge in [0.05, 0.1) is 7.11 Å². The first kappa shape index (κ1) is 22.7. The van der Waals surface area contributed by atoms with E-state index in [1.807, 2.05) is 13.8 Å². The Kier molecular flexibility index (Phi) is 8.31. The van der Waals surface area contributed by atoms with Crippen molar-refractivity contribution in [1.82, 2.24) is 5.32 Å². The summed E-state index contributed by atoms with van der Waals surface area (Å²) in [6.07, 6.45) is -3.85. The van der Waals surface area contributed by atoms with Gasteiger partial charge in [-0.05, 0) is 43.4 Å². The average Bonchev–Trinajstić information content (AvgIpc) is 3.36. The molecule has 0 aromatic heterocycles. The molecule has 2 atom stereocenters. The van der Waals surface area contributed by atoms with Crippen LogP contribution in [0.25, 0.3) is 0 Å². The van der Waals surface area contributed by atoms with Crippen molar-refractivity contribution in [2.24, 2.45) is 5.92 Å². The number of benzene rings is 1. The summed E-state index contributed by atoms with van der Waals surface area (Å²) in [6, 6.07) is 2.46. The number of ether oxygens (including phenoxy) is 1. The lowest BCUT2D eigenvalue weighted by molar-refractivity contribution is -0.161. The maximum atomic E-state index is 13.9. The van der Waals surface area contributed by atoms with Crippen molar-refractivity contribution in [2.75, 3.05) is 7.11 Å². The molecule has 26 heavy (non-hydrogen) atoms. The van der Waals surface area contributed by atoms with E-state index in [2.05, 4.69) is 5.32 Å². The van der Waals surface area contributed by atoms with E-state index in [1.165, 1.54) is 38.3 Å². The van der Waals surface area contributed by atoms with Crippen LogP contribution >= 0.6 is 0 Å². The second kappa shape index (κ2) is 9.53. The summed E-state index contributed by atoms with van der Waals surface area (Å²) in [7, 11) is 1.42. The van der Waals surface area contributed by atoms with Gasteiger partial charge in [-0.1, -0.05) is 26.0 Å². The van der Waals surface area contributed by atoms with Gasteiger partial charge in [0.25, 0.3) is 0 Å². The lowest BCUT2D eigenvalue weighted by Gasteiger charge is -2.28. The van der Waals surface area contributed by atoms with Crippen LogP contribution in [0.15, 0.2) is 24.3 Å². The molecule has 0 aliphatic heterocycles. The van der Waals surface area contributed by atoms with E-state index in [1.54, 1.807) is 0 Å². The van der Waals surface area contributed by atoms with Crippen molar-refractivity contribution in [1.29, 1.82) is 0 Å². The fourth-order valence-corrected chi connectivity index (χ4v) is 2.80. The molecule has 0 saturated heterocycles. The van der Waals surface area contributed by atoms with Gasteiger partial charge in [-0.15, -0.1) is 0 Å². The SMILES string of the molecule is CC.COc1ccc(C(NC(C)CC(F)(F)CC2CC2)C(F)(F)F)cc1. The fourth-order valence-electron chi connectivity index (χ4n) is 2.80. The summed E-state index contributed by atoms with van der Waals surface area (Å²) in [5.41, 5.74) is -0.0272. The van der Waals surface area contributed by atoms with Gasteiger partial charge < -0.3 is 4.74 Å². The Morgan fingerprint density at radius 2 is 1.62 bits per heavy atom. The molecule has 0 heterocycles. The van der Waals surface area contributed by atoms with Gasteiger partial charge in [0, 0.05) is 18.9 Å². The van der Waals surface area contributed by atoms with E-state index in [-0.39, 0.29) is 17.9 Å². The Labute approximate surface area is 152 Å². The Morgan fingerprint density at radius 3 is 2.04 bits per heavy atom. The number of hydrogen-bond acceptors (Lipinski definition) is 2. The van der Waals surface area contributed by atoms with Gasteiger partial charge in [-0.2, -0.15) is 13.2 Å². The lowest BCUT2D eigenvalue weighted by atomic mass is 10.0. The molecular formula is C19H28F5NO. The first-order valence-electron chi connectivity index (χ1n) is 8.95. The molecule has 2 unspecified atom stereocenters. The topological polar surface area (TPSA) is 21.3 Å². The van der Waals surface area contributed by atoms with Gasteiger partial charge >= 0.3 is 6.18 Å². The van der Waals surface area contributed by atoms with Crippen LogP contribution in [-0.4, -0.2) is 25.3 Å². The minimum absolute atomic E-state index is 0.0206. The summed E-state index contributed by atoms with van der Waals surface area (Å²) >= 11 is 0. The van der Waals surface area contributed by atoms with Crippen LogP contribution in [0.1, 0.15) is 58.1 Å². The van der Waals surface area contributed by atoms with Crippen molar-refractivity contribution in [3.8, 4) is 5.75 Å². The maximum Gasteiger partial charge on any atom is 0.407 e. The standard InChI is InChI=1S/C17H22F5NO.C2H6/c1-11(9-16(18,19)10-12-3-4-12)23-15(17(20,21)22)13-5-7-14(24-2)8-6-13;1-2/h5-8,11-12,15,23H,3-4,9-10H2,1-2H3;1-2H3. The third-order valence-corrected chi connectivity index (χ3v) is 4.12. The van der Waals surface area contributed by atoms with Crippen LogP contribution in [0.4, 0.5) is 22.0 Å². The van der Waals surface area contributed by atoms with Crippen LogP contribution in [0.5, 0.6) is 5.75 Å². The molecule has 2 nitrogen and oxygen atoms in total. The van der Waals surface area contributed by atoms with Crippen molar-refractivity contribution in [3.63, 3.8) is 0 Å². The number of alkyl halides is 5. The van der Waals surface area contributed by atoms with E-state index >= 15 is 0 Å². The molecule has 7 heteroatoms. The van der Waals surface area contributed by atoms with Gasteiger partial charge in [-0.25, -0.2) is 8.78 Å². The lowest BCUT2D eigenvalue weighted by Crippen LogP contribution is -2.42. The molecular weight excluding hydrogens is 353 g/mol. The molecule has 1 fully saturated rings. The monoisotopic (exact) mass is 381 g/mol. The van der Waals surface area contributed by atoms with Crippen molar-refractivity contribution in [2.45, 2.75) is 70.6 Å². The van der Waals surface area contributed by atoms with Crippen LogP contribution < -0.4 is 10.1 Å². The fraction of sp³-hybridized carbons (Fsp3) is 0.684. The van der Waals surface area contributed by atoms with Gasteiger partial charge in [0.1, 0.15) is 11.8 Å². The van der Waals surface area contributed by atoms with E-state index < -0.39 is 30.6 Å². The molecule has 0 spiro atoms. The minimum atomic E-state index is -4.57. The van der Waals surface area contributed by atoms with E-state index in [0.717, 1.165) is 12.8 Å². The van der Waals surface area contributed by atoms with Crippen molar-refractivity contribution >= 4 is 0 Å². The molecule has 1 aliphatic carbocycles. The Balaban J connectivity index is 0.00000163. The summed E-state index contributed by atoms with van der Waals surface area (Å²) in [4.78, 5) is 0. The highest BCUT2D eigenvalue weighted by atomic mass is 19.4. The van der Waals surface area contributed by atoms with Crippen LogP contribution in [0.2, 0.25) is 0 Å². The van der Waals surface area contributed by atoms with Gasteiger partial charge in [0.2, 0.25) is 5.92 Å². The third kappa shape index (κ3) is 7.48. The second-order valence-electron chi connectivity index (χ2n) is 6.52. The molecule has 1 N–H and O–H groups in total. The molecule has 150 valence electrons. The Morgan fingerprint density at radius 1 is 1.08 bits per heavy atom. The predicted molar refractivity (Wildman–Crippen MR) is 92.6 cm³/mol. The highest BCUT2D eigenvalue weighted by Gasteiger charge is 2.43. The molecule has 1 saturated carbocycles. The number of methoxy groups -OCH3 is 1. The Bertz CT molecular complexity index is 526. The number of hydrogen-bond donors (Lipinski definition) is 1. The van der Waals surface area contributed by atoms with Gasteiger partial charge in [-0.3, -0.25) is 5.32 Å². The molecule has 1 aromatic rings. The zero-order valence-electron chi connectivity index (χ0n) is 15.7. The molecule has 1 aliphatic rings. The van der Waals surface area contributed by atoms with Gasteiger partial charge in [0.15, 0.2) is 0 Å². The number of rotatable bonds is 8. The molecule has 0 amide bonds. The zero-order chi connectivity index (χ0) is 20.0. The molecule has 0 bridgehead atoms. The molecule has 0 radical (unpaired) electrons. The van der Waals surface area contributed by atoms with E-state index in [4.69, 9.17) is 4.74 Å². The first-order chi connectivity index (χ1) is 12.1. The largest absolute Gasteiger partial charge is 0.497 e. The van der Waals surface area contributed by atoms with Crippen LogP contribution in [-0.2, 0) is 0 Å². The zero-order valence-corrected chi connectivity index (χ0v) is 15.7. The van der Waals surface area contributed by atoms with Crippen molar-refractivity contribution < 1.29 is 26.7 Å². The highest BCUT2D eigenvalue weighted by molar-refractivity contribution is 5.30. The van der Waals surface area contributed by atoms with Crippen LogP contribution in [0, 0.1) is 5.92 Å². The maximum absolute atomic E-state index is 13.9. The van der Waals surface area contributed by atoms with Crippen LogP contribution in [0.3, 0.4) is 0 Å². The predicted octanol–water partition coefficient (Wildman–Crippen LogP) is 6.13. The second-order valence-corrected chi connectivity index (χ2v) is 6.52. The summed E-state index contributed by atoms with van der Waals surface area (Å²) in [5, 5.41) is 2.31. The first-order valence-corrected chi connectivity index (χ1v) is 8.95. The summed E-state index contributed by atoms with van der Waals surface area (Å²) < 4.78 is 72.6. The molecule has 1 aromatic carbocycles. The third-order valence-electron chi connectivity index (χ3n) is 4.12. The number of nitrogens with one attached hydrogen (secondary N) is 1. The highest BCUT2D eigenvalue weighted by Crippen LogP contribution is 2.41. The minimum Gasteiger partial charge on any atom is -0.497 e. The summed E-state index contributed by atoms with van der Waals surface area (Å²) in [6.45, 7) is 5.36. The normalized spacial score (nSPS) is 17.1. The number of halogens is 5. The molecule has 2 rings (SSSR count). The average molecular weight is 381 g/mol. The Hall–Kier alpha value is -1.37. The summed E-state index contributed by atoms with van der Waals surface area (Å²) in [5.74, 6) is -2.49. The van der Waals surface area contributed by atoms with E-state index in [9.17, 15) is 22.0 Å². The smallest absolute Gasteiger partial charge is 0.407 e. The quantitative estimate of drug-likeness (QED) is 0.547.